The summed E-state index contributed by atoms with van der Waals surface area (Å²) in [5.74, 6) is -4.82. The van der Waals surface area contributed by atoms with Gasteiger partial charge in [0.1, 0.15) is 6.54 Å². The molecule has 0 unspecified atom stereocenters. The SMILES string of the molecule is COc1ccc(-c2cnc(C(=O)Nc3ccc(C(=O)NCc4cnn(CC(=O)O)c4)c(Cl)c3)n2C)c(F)c1F. The summed E-state index contributed by atoms with van der Waals surface area (Å²) in [6.07, 6.45) is 4.17. The van der Waals surface area contributed by atoms with E-state index in [0.717, 1.165) is 0 Å². The Kier molecular flexibility index (Phi) is 7.91. The number of amides is 2. The molecule has 0 saturated heterocycles. The molecule has 3 N–H and O–H groups in total. The first kappa shape index (κ1) is 27.3. The van der Waals surface area contributed by atoms with Crippen LogP contribution in [0.4, 0.5) is 14.5 Å². The first-order chi connectivity index (χ1) is 18.6. The lowest BCUT2D eigenvalue weighted by atomic mass is 10.1. The van der Waals surface area contributed by atoms with Gasteiger partial charge >= 0.3 is 5.97 Å². The number of ether oxygens (including phenoxy) is 1. The van der Waals surface area contributed by atoms with Crippen LogP contribution in [0.5, 0.6) is 5.75 Å². The van der Waals surface area contributed by atoms with Gasteiger partial charge in [-0.3, -0.25) is 19.1 Å². The molecule has 0 spiro atoms. The van der Waals surface area contributed by atoms with Gasteiger partial charge in [-0.15, -0.1) is 0 Å². The molecule has 0 fully saturated rings. The lowest BCUT2D eigenvalue weighted by molar-refractivity contribution is -0.137. The third-order valence-corrected chi connectivity index (χ3v) is 5.96. The molecule has 0 aliphatic carbocycles. The van der Waals surface area contributed by atoms with Crippen molar-refractivity contribution in [2.75, 3.05) is 12.4 Å². The van der Waals surface area contributed by atoms with Gasteiger partial charge in [0.25, 0.3) is 11.8 Å². The summed E-state index contributed by atoms with van der Waals surface area (Å²) in [7, 11) is 2.70. The average Bonchev–Trinajstić information content (AvgIpc) is 3.50. The second kappa shape index (κ2) is 11.3. The van der Waals surface area contributed by atoms with Crippen LogP contribution in [0.25, 0.3) is 11.3 Å². The normalized spacial score (nSPS) is 10.8. The zero-order valence-corrected chi connectivity index (χ0v) is 21.3. The van der Waals surface area contributed by atoms with Crippen molar-refractivity contribution in [1.29, 1.82) is 0 Å². The van der Waals surface area contributed by atoms with Crippen molar-refractivity contribution in [2.45, 2.75) is 13.1 Å². The van der Waals surface area contributed by atoms with Gasteiger partial charge < -0.3 is 25.0 Å². The highest BCUT2D eigenvalue weighted by Crippen LogP contribution is 2.30. The minimum absolute atomic E-state index is 0.0585. The van der Waals surface area contributed by atoms with E-state index in [0.29, 0.717) is 5.56 Å². The Bertz CT molecular complexity index is 1590. The molecule has 202 valence electrons. The maximum Gasteiger partial charge on any atom is 0.325 e. The molecule has 4 rings (SSSR count). The number of methoxy groups -OCH3 is 1. The molecule has 0 saturated carbocycles. The number of nitrogens with one attached hydrogen (secondary N) is 2. The van der Waals surface area contributed by atoms with E-state index in [4.69, 9.17) is 21.4 Å². The summed E-state index contributed by atoms with van der Waals surface area (Å²) >= 11 is 6.27. The van der Waals surface area contributed by atoms with Crippen LogP contribution >= 0.6 is 11.6 Å². The Morgan fingerprint density at radius 1 is 1.10 bits per heavy atom. The minimum Gasteiger partial charge on any atom is -0.494 e. The summed E-state index contributed by atoms with van der Waals surface area (Å²) in [5, 5.41) is 18.0. The van der Waals surface area contributed by atoms with Crippen molar-refractivity contribution in [1.82, 2.24) is 24.6 Å². The number of hydrogen-bond acceptors (Lipinski definition) is 6. The van der Waals surface area contributed by atoms with Gasteiger partial charge in [-0.1, -0.05) is 11.6 Å². The summed E-state index contributed by atoms with van der Waals surface area (Å²) in [6.45, 7) is -0.211. The zero-order valence-electron chi connectivity index (χ0n) is 20.5. The Balaban J connectivity index is 1.43. The van der Waals surface area contributed by atoms with Gasteiger partial charge in [0.15, 0.2) is 17.4 Å². The fraction of sp³-hybridized carbons (Fsp3) is 0.160. The molecule has 2 heterocycles. The number of hydrogen-bond donors (Lipinski definition) is 3. The second-order valence-corrected chi connectivity index (χ2v) is 8.65. The van der Waals surface area contributed by atoms with E-state index >= 15 is 0 Å². The third-order valence-electron chi connectivity index (χ3n) is 5.64. The molecule has 0 aliphatic heterocycles. The number of rotatable bonds is 9. The number of carbonyl (C=O) groups is 3. The van der Waals surface area contributed by atoms with Gasteiger partial charge in [0.05, 0.1) is 35.8 Å². The second-order valence-electron chi connectivity index (χ2n) is 8.24. The van der Waals surface area contributed by atoms with Crippen LogP contribution in [0.2, 0.25) is 5.02 Å². The number of benzene rings is 2. The minimum atomic E-state index is -1.16. The lowest BCUT2D eigenvalue weighted by Crippen LogP contribution is -2.23. The van der Waals surface area contributed by atoms with Crippen LogP contribution in [-0.4, -0.2) is 49.3 Å². The van der Waals surface area contributed by atoms with Crippen molar-refractivity contribution in [3.63, 3.8) is 0 Å². The number of imidazole rings is 1. The van der Waals surface area contributed by atoms with Crippen molar-refractivity contribution in [3.8, 4) is 17.0 Å². The zero-order chi connectivity index (χ0) is 28.3. The number of halogens is 3. The highest BCUT2D eigenvalue weighted by atomic mass is 35.5. The van der Waals surface area contributed by atoms with Crippen LogP contribution in [-0.2, 0) is 24.9 Å². The van der Waals surface area contributed by atoms with E-state index in [-0.39, 0.29) is 52.2 Å². The van der Waals surface area contributed by atoms with Crippen molar-refractivity contribution in [2.24, 2.45) is 7.05 Å². The summed E-state index contributed by atoms with van der Waals surface area (Å²) < 4.78 is 36.0. The topological polar surface area (TPSA) is 140 Å². The van der Waals surface area contributed by atoms with E-state index in [1.165, 1.54) is 72.3 Å². The van der Waals surface area contributed by atoms with Gasteiger partial charge in [0, 0.05) is 36.6 Å². The number of carboxylic acid groups (broad SMARTS) is 1. The van der Waals surface area contributed by atoms with Gasteiger partial charge in [-0.05, 0) is 30.3 Å². The molecule has 39 heavy (non-hydrogen) atoms. The molecule has 14 heteroatoms. The molecule has 2 amide bonds. The smallest absolute Gasteiger partial charge is 0.325 e. The fourth-order valence-electron chi connectivity index (χ4n) is 3.72. The number of nitrogens with zero attached hydrogens (tertiary/aromatic N) is 4. The molecule has 2 aromatic heterocycles. The summed E-state index contributed by atoms with van der Waals surface area (Å²) in [5.41, 5.74) is 1.07. The molecule has 0 radical (unpaired) electrons. The molecule has 11 nitrogen and oxygen atoms in total. The number of carboxylic acids is 1. The maximum absolute atomic E-state index is 14.5. The highest BCUT2D eigenvalue weighted by Gasteiger charge is 2.21. The van der Waals surface area contributed by atoms with Crippen LogP contribution in [0.1, 0.15) is 26.5 Å². The molecule has 0 aliphatic rings. The van der Waals surface area contributed by atoms with Crippen LogP contribution in [0.3, 0.4) is 0 Å². The number of aliphatic carboxylic acids is 1. The van der Waals surface area contributed by atoms with Gasteiger partial charge in [0.2, 0.25) is 5.82 Å². The summed E-state index contributed by atoms with van der Waals surface area (Å²) in [4.78, 5) is 40.2. The largest absolute Gasteiger partial charge is 0.494 e. The predicted molar refractivity (Wildman–Crippen MR) is 136 cm³/mol. The molecular weight excluding hydrogens is 538 g/mol. The van der Waals surface area contributed by atoms with Gasteiger partial charge in [-0.2, -0.15) is 9.49 Å². The standard InChI is InChI=1S/C25H21ClF2N6O5/c1-33-18(16-5-6-19(39-2)22(28)21(16)27)10-29-23(33)25(38)32-14-3-4-15(17(26)7-14)24(37)30-8-13-9-31-34(11-13)12-20(35)36/h3-7,9-11H,8,12H2,1-2H3,(H,30,37)(H,32,38)(H,35,36). The third kappa shape index (κ3) is 5.88. The summed E-state index contributed by atoms with van der Waals surface area (Å²) in [6, 6.07) is 6.85. The fourth-order valence-corrected chi connectivity index (χ4v) is 3.99. The number of anilines is 1. The van der Waals surface area contributed by atoms with E-state index < -0.39 is 29.4 Å². The Morgan fingerprint density at radius 2 is 1.87 bits per heavy atom. The highest BCUT2D eigenvalue weighted by molar-refractivity contribution is 6.34. The van der Waals surface area contributed by atoms with E-state index in [9.17, 15) is 23.2 Å². The molecule has 2 aromatic carbocycles. The monoisotopic (exact) mass is 558 g/mol. The Hall–Kier alpha value is -4.78. The first-order valence-electron chi connectivity index (χ1n) is 11.2. The van der Waals surface area contributed by atoms with Gasteiger partial charge in [-0.25, -0.2) is 9.37 Å². The molecular formula is C25H21ClF2N6O5. The molecule has 0 atom stereocenters. The van der Waals surface area contributed by atoms with Crippen molar-refractivity contribution in [3.05, 3.63) is 82.5 Å². The number of aromatic nitrogens is 4. The van der Waals surface area contributed by atoms with E-state index in [1.807, 2.05) is 0 Å². The van der Waals surface area contributed by atoms with Crippen molar-refractivity contribution < 1.29 is 33.0 Å². The predicted octanol–water partition coefficient (Wildman–Crippen LogP) is 3.49. The van der Waals surface area contributed by atoms with Crippen LogP contribution in [0, 0.1) is 11.6 Å². The number of carbonyl (C=O) groups excluding carboxylic acids is 2. The quantitative estimate of drug-likeness (QED) is 0.286. The van der Waals surface area contributed by atoms with Crippen LogP contribution in [0.15, 0.2) is 48.9 Å². The van der Waals surface area contributed by atoms with E-state index in [2.05, 4.69) is 20.7 Å². The maximum atomic E-state index is 14.5. The Morgan fingerprint density at radius 3 is 2.56 bits per heavy atom. The average molecular weight is 559 g/mol. The lowest BCUT2D eigenvalue weighted by Gasteiger charge is -2.11. The Labute approximate surface area is 225 Å². The molecule has 4 aromatic rings. The van der Waals surface area contributed by atoms with E-state index in [1.54, 1.807) is 0 Å². The van der Waals surface area contributed by atoms with Crippen LogP contribution < -0.4 is 15.4 Å². The first-order valence-corrected chi connectivity index (χ1v) is 11.6. The molecule has 0 bridgehead atoms. The van der Waals surface area contributed by atoms with Crippen molar-refractivity contribution >= 4 is 35.1 Å².